The molecule has 0 fully saturated rings. The molecule has 1 heterocycles. The second-order valence-corrected chi connectivity index (χ2v) is 5.48. The molecule has 0 unspecified atom stereocenters. The zero-order valence-corrected chi connectivity index (χ0v) is 13.1. The maximum atomic E-state index is 12.6. The van der Waals surface area contributed by atoms with Crippen LogP contribution in [-0.4, -0.2) is 10.9 Å². The average Bonchev–Trinajstić information content (AvgIpc) is 2.61. The normalized spacial score (nSPS) is 10.5. The monoisotopic (exact) mass is 322 g/mol. The number of benzene rings is 2. The molecule has 0 aliphatic carbocycles. The van der Waals surface area contributed by atoms with Crippen LogP contribution in [-0.2, 0) is 0 Å². The molecule has 0 aliphatic heterocycles. The van der Waals surface area contributed by atoms with Gasteiger partial charge in [0.1, 0.15) is 5.15 Å². The van der Waals surface area contributed by atoms with Gasteiger partial charge in [-0.2, -0.15) is 0 Å². The molecule has 1 N–H and O–H groups in total. The van der Waals surface area contributed by atoms with Gasteiger partial charge in [-0.3, -0.25) is 4.79 Å². The fraction of sp³-hybridized carbons (Fsp3) is 0.0526. The van der Waals surface area contributed by atoms with E-state index in [2.05, 4.69) is 10.3 Å². The number of hydrogen-bond acceptors (Lipinski definition) is 2. The molecule has 3 nitrogen and oxygen atoms in total. The summed E-state index contributed by atoms with van der Waals surface area (Å²) in [5.74, 6) is -0.188. The smallest absolute Gasteiger partial charge is 0.252 e. The van der Waals surface area contributed by atoms with E-state index in [4.69, 9.17) is 11.6 Å². The van der Waals surface area contributed by atoms with Crippen LogP contribution >= 0.6 is 11.6 Å². The summed E-state index contributed by atoms with van der Waals surface area (Å²) >= 11 is 5.87. The van der Waals surface area contributed by atoms with Gasteiger partial charge in [0.15, 0.2) is 0 Å². The van der Waals surface area contributed by atoms with Gasteiger partial charge in [-0.05, 0) is 23.3 Å². The number of nitrogens with zero attached hydrogens (tertiary/aromatic N) is 1. The summed E-state index contributed by atoms with van der Waals surface area (Å²) in [5.41, 5.74) is 2.53. The summed E-state index contributed by atoms with van der Waals surface area (Å²) < 4.78 is 0. The molecule has 1 amide bonds. The number of nitrogens with one attached hydrogen (secondary N) is 1. The molecule has 114 valence electrons. The molecule has 4 heteroatoms. The third kappa shape index (κ3) is 3.76. The molecule has 0 radical (unpaired) electrons. The number of hydrogen-bond donors (Lipinski definition) is 1. The van der Waals surface area contributed by atoms with E-state index in [0.29, 0.717) is 10.7 Å². The van der Waals surface area contributed by atoms with Gasteiger partial charge in [-0.25, -0.2) is 4.98 Å². The van der Waals surface area contributed by atoms with Crippen molar-refractivity contribution >= 4 is 17.5 Å². The Balaban J connectivity index is 1.92. The summed E-state index contributed by atoms with van der Waals surface area (Å²) in [4.78, 5) is 16.5. The molecule has 0 saturated carbocycles. The molecule has 0 atom stereocenters. The largest absolute Gasteiger partial charge is 0.341 e. The van der Waals surface area contributed by atoms with Crippen molar-refractivity contribution in [2.24, 2.45) is 0 Å². The topological polar surface area (TPSA) is 42.0 Å². The zero-order valence-electron chi connectivity index (χ0n) is 12.3. The minimum absolute atomic E-state index is 0.188. The number of halogens is 1. The van der Waals surface area contributed by atoms with E-state index in [1.807, 2.05) is 60.7 Å². The first-order valence-electron chi connectivity index (χ1n) is 7.26. The molecule has 0 aliphatic rings. The SMILES string of the molecule is O=C(NC(c1ccccc1)c1ccccc1)c1ccnc(Cl)c1. The zero-order chi connectivity index (χ0) is 16.1. The van der Waals surface area contributed by atoms with Crippen LogP contribution in [0.3, 0.4) is 0 Å². The quantitative estimate of drug-likeness (QED) is 0.729. The highest BCUT2D eigenvalue weighted by Gasteiger charge is 2.17. The minimum Gasteiger partial charge on any atom is -0.341 e. The predicted octanol–water partition coefficient (Wildman–Crippen LogP) is 4.25. The van der Waals surface area contributed by atoms with E-state index < -0.39 is 0 Å². The molecule has 3 aromatic rings. The Bertz CT molecular complexity index is 751. The first kappa shape index (κ1) is 15.3. The Hall–Kier alpha value is -2.65. The summed E-state index contributed by atoms with van der Waals surface area (Å²) in [6, 6.07) is 22.7. The second-order valence-electron chi connectivity index (χ2n) is 5.10. The van der Waals surface area contributed by atoms with Crippen LogP contribution in [0, 0.1) is 0 Å². The molecular weight excluding hydrogens is 308 g/mol. The Labute approximate surface area is 140 Å². The summed E-state index contributed by atoms with van der Waals surface area (Å²) in [6.07, 6.45) is 1.53. The molecule has 23 heavy (non-hydrogen) atoms. The van der Waals surface area contributed by atoms with Crippen molar-refractivity contribution in [3.63, 3.8) is 0 Å². The van der Waals surface area contributed by atoms with Gasteiger partial charge in [0.2, 0.25) is 0 Å². The van der Waals surface area contributed by atoms with Gasteiger partial charge < -0.3 is 5.32 Å². The lowest BCUT2D eigenvalue weighted by Gasteiger charge is -2.20. The number of pyridine rings is 1. The van der Waals surface area contributed by atoms with Gasteiger partial charge >= 0.3 is 0 Å². The highest BCUT2D eigenvalue weighted by atomic mass is 35.5. The maximum Gasteiger partial charge on any atom is 0.252 e. The van der Waals surface area contributed by atoms with Crippen LogP contribution in [0.15, 0.2) is 79.0 Å². The van der Waals surface area contributed by atoms with Gasteiger partial charge in [0.05, 0.1) is 6.04 Å². The molecular formula is C19H15ClN2O. The lowest BCUT2D eigenvalue weighted by Crippen LogP contribution is -2.29. The van der Waals surface area contributed by atoms with Gasteiger partial charge in [-0.1, -0.05) is 72.3 Å². The van der Waals surface area contributed by atoms with Crippen LogP contribution in [0.2, 0.25) is 5.15 Å². The molecule has 0 bridgehead atoms. The third-order valence-electron chi connectivity index (χ3n) is 3.53. The minimum atomic E-state index is -0.225. The van der Waals surface area contributed by atoms with Gasteiger partial charge in [0, 0.05) is 11.8 Å². The predicted molar refractivity (Wildman–Crippen MR) is 91.4 cm³/mol. The van der Waals surface area contributed by atoms with Gasteiger partial charge in [0.25, 0.3) is 5.91 Å². The second kappa shape index (κ2) is 7.07. The van der Waals surface area contributed by atoms with E-state index in [-0.39, 0.29) is 11.9 Å². The van der Waals surface area contributed by atoms with E-state index in [9.17, 15) is 4.79 Å². The van der Waals surface area contributed by atoms with E-state index in [1.165, 1.54) is 6.20 Å². The number of carbonyl (C=O) groups is 1. The van der Waals surface area contributed by atoms with Crippen molar-refractivity contribution in [1.29, 1.82) is 0 Å². The summed E-state index contributed by atoms with van der Waals surface area (Å²) in [7, 11) is 0. The van der Waals surface area contributed by atoms with E-state index >= 15 is 0 Å². The Morgan fingerprint density at radius 2 is 1.48 bits per heavy atom. The fourth-order valence-corrected chi connectivity index (χ4v) is 2.58. The molecule has 1 aromatic heterocycles. The van der Waals surface area contributed by atoms with Crippen molar-refractivity contribution in [1.82, 2.24) is 10.3 Å². The first-order valence-corrected chi connectivity index (χ1v) is 7.64. The van der Waals surface area contributed by atoms with Crippen LogP contribution < -0.4 is 5.32 Å². The third-order valence-corrected chi connectivity index (χ3v) is 3.74. The lowest BCUT2D eigenvalue weighted by atomic mass is 9.98. The van der Waals surface area contributed by atoms with Crippen LogP contribution in [0.5, 0.6) is 0 Å². The number of rotatable bonds is 4. The highest BCUT2D eigenvalue weighted by Crippen LogP contribution is 2.22. The van der Waals surface area contributed by atoms with Crippen molar-refractivity contribution in [2.75, 3.05) is 0 Å². The maximum absolute atomic E-state index is 12.6. The molecule has 3 rings (SSSR count). The van der Waals surface area contributed by atoms with Crippen molar-refractivity contribution < 1.29 is 4.79 Å². The highest BCUT2D eigenvalue weighted by molar-refractivity contribution is 6.29. The number of aromatic nitrogens is 1. The summed E-state index contributed by atoms with van der Waals surface area (Å²) in [6.45, 7) is 0. The average molecular weight is 323 g/mol. The fourth-order valence-electron chi connectivity index (χ4n) is 2.41. The van der Waals surface area contributed by atoms with Crippen molar-refractivity contribution in [3.05, 3.63) is 101 Å². The lowest BCUT2D eigenvalue weighted by molar-refractivity contribution is 0.0943. The number of carbonyl (C=O) groups excluding carboxylic acids is 1. The van der Waals surface area contributed by atoms with E-state index in [1.54, 1.807) is 12.1 Å². The molecule has 2 aromatic carbocycles. The standard InChI is InChI=1S/C19H15ClN2O/c20-17-13-16(11-12-21-17)19(23)22-18(14-7-3-1-4-8-14)15-9-5-2-6-10-15/h1-13,18H,(H,22,23). The van der Waals surface area contributed by atoms with Crippen molar-refractivity contribution in [2.45, 2.75) is 6.04 Å². The van der Waals surface area contributed by atoms with Crippen molar-refractivity contribution in [3.8, 4) is 0 Å². The van der Waals surface area contributed by atoms with E-state index in [0.717, 1.165) is 11.1 Å². The molecule has 0 saturated heterocycles. The van der Waals surface area contributed by atoms with Gasteiger partial charge in [-0.15, -0.1) is 0 Å². The molecule has 0 spiro atoms. The van der Waals surface area contributed by atoms with Crippen LogP contribution in [0.4, 0.5) is 0 Å². The summed E-state index contributed by atoms with van der Waals surface area (Å²) in [5, 5.41) is 3.37. The Morgan fingerprint density at radius 3 is 2.00 bits per heavy atom. The number of amides is 1. The first-order chi connectivity index (χ1) is 11.2. The van der Waals surface area contributed by atoms with Crippen LogP contribution in [0.1, 0.15) is 27.5 Å². The Kier molecular flexibility index (Phi) is 4.69. The van der Waals surface area contributed by atoms with Crippen LogP contribution in [0.25, 0.3) is 0 Å². The Morgan fingerprint density at radius 1 is 0.913 bits per heavy atom.